The van der Waals surface area contributed by atoms with E-state index in [0.29, 0.717) is 6.04 Å². The van der Waals surface area contributed by atoms with Crippen molar-refractivity contribution < 1.29 is 4.21 Å². The van der Waals surface area contributed by atoms with Crippen molar-refractivity contribution in [3.05, 3.63) is 17.5 Å². The van der Waals surface area contributed by atoms with Crippen LogP contribution in [0.4, 0.5) is 0 Å². The first-order valence-corrected chi connectivity index (χ1v) is 8.60. The standard InChI is InChI=1S/C13H21NOS2/c1-14-12(11-6-3-2-4-7-11)10-17(15)13-8-5-9-16-13/h5,8-9,11-12,14H,2-4,6-7,10H2,1H3. The highest BCUT2D eigenvalue weighted by molar-refractivity contribution is 7.87. The minimum atomic E-state index is -0.828. The molecule has 2 rings (SSSR count). The van der Waals surface area contributed by atoms with Gasteiger partial charge in [-0.1, -0.05) is 25.3 Å². The van der Waals surface area contributed by atoms with Gasteiger partial charge in [0, 0.05) is 11.8 Å². The van der Waals surface area contributed by atoms with Crippen molar-refractivity contribution in [2.75, 3.05) is 12.8 Å². The third kappa shape index (κ3) is 3.63. The van der Waals surface area contributed by atoms with Gasteiger partial charge in [0.05, 0.1) is 15.0 Å². The van der Waals surface area contributed by atoms with Crippen LogP contribution in [0.5, 0.6) is 0 Å². The lowest BCUT2D eigenvalue weighted by atomic mass is 9.84. The average molecular weight is 271 g/mol. The van der Waals surface area contributed by atoms with E-state index in [2.05, 4.69) is 5.32 Å². The lowest BCUT2D eigenvalue weighted by molar-refractivity contribution is 0.294. The van der Waals surface area contributed by atoms with Gasteiger partial charge in [0.1, 0.15) is 0 Å². The molecular weight excluding hydrogens is 250 g/mol. The lowest BCUT2D eigenvalue weighted by Gasteiger charge is -2.29. The fraction of sp³-hybridized carbons (Fsp3) is 0.692. The Balaban J connectivity index is 1.92. The molecule has 1 saturated carbocycles. The van der Waals surface area contributed by atoms with Crippen LogP contribution in [0.25, 0.3) is 0 Å². The molecule has 1 aromatic heterocycles. The largest absolute Gasteiger partial charge is 0.316 e. The maximum Gasteiger partial charge on any atom is 0.0911 e. The van der Waals surface area contributed by atoms with E-state index in [9.17, 15) is 4.21 Å². The Morgan fingerprint density at radius 2 is 2.24 bits per heavy atom. The predicted octanol–water partition coefficient (Wildman–Crippen LogP) is 3.02. The summed E-state index contributed by atoms with van der Waals surface area (Å²) in [5.74, 6) is 1.49. The zero-order chi connectivity index (χ0) is 12.1. The van der Waals surface area contributed by atoms with Gasteiger partial charge in [0.25, 0.3) is 0 Å². The summed E-state index contributed by atoms with van der Waals surface area (Å²) in [5.41, 5.74) is 0. The van der Waals surface area contributed by atoms with E-state index in [1.807, 2.05) is 24.6 Å². The molecule has 0 aromatic carbocycles. The molecule has 17 heavy (non-hydrogen) atoms. The van der Waals surface area contributed by atoms with Crippen molar-refractivity contribution in [2.45, 2.75) is 42.4 Å². The third-order valence-corrected chi connectivity index (χ3v) is 6.39. The van der Waals surface area contributed by atoms with E-state index >= 15 is 0 Å². The molecule has 1 heterocycles. The fourth-order valence-corrected chi connectivity index (χ4v) is 5.04. The van der Waals surface area contributed by atoms with E-state index in [1.165, 1.54) is 32.1 Å². The second kappa shape index (κ2) is 6.66. The molecule has 96 valence electrons. The molecule has 0 aliphatic heterocycles. The molecule has 1 aliphatic rings. The molecule has 2 atom stereocenters. The van der Waals surface area contributed by atoms with Gasteiger partial charge in [-0.05, 0) is 37.3 Å². The highest BCUT2D eigenvalue weighted by Gasteiger charge is 2.24. The molecule has 0 radical (unpaired) electrons. The maximum absolute atomic E-state index is 12.2. The van der Waals surface area contributed by atoms with Gasteiger partial charge in [-0.25, -0.2) is 0 Å². The first kappa shape index (κ1) is 13.2. The average Bonchev–Trinajstić information content (AvgIpc) is 2.90. The number of nitrogens with one attached hydrogen (secondary N) is 1. The van der Waals surface area contributed by atoms with Gasteiger partial charge < -0.3 is 5.32 Å². The summed E-state index contributed by atoms with van der Waals surface area (Å²) in [6.07, 6.45) is 6.66. The van der Waals surface area contributed by atoms with Gasteiger partial charge in [-0.3, -0.25) is 4.21 Å². The van der Waals surface area contributed by atoms with E-state index < -0.39 is 10.8 Å². The molecule has 1 aliphatic carbocycles. The van der Waals surface area contributed by atoms with Crippen molar-refractivity contribution in [3.8, 4) is 0 Å². The molecule has 0 spiro atoms. The molecule has 2 nitrogen and oxygen atoms in total. The lowest BCUT2D eigenvalue weighted by Crippen LogP contribution is -2.39. The van der Waals surface area contributed by atoms with Gasteiger partial charge in [-0.15, -0.1) is 11.3 Å². The number of hydrogen-bond acceptors (Lipinski definition) is 3. The zero-order valence-electron chi connectivity index (χ0n) is 10.4. The van der Waals surface area contributed by atoms with Crippen LogP contribution in [-0.2, 0) is 10.8 Å². The Kier molecular flexibility index (Phi) is 5.19. The first-order chi connectivity index (χ1) is 8.31. The molecule has 0 saturated heterocycles. The Hall–Kier alpha value is -0.190. The number of hydrogen-bond donors (Lipinski definition) is 1. The Morgan fingerprint density at radius 1 is 1.47 bits per heavy atom. The second-order valence-electron chi connectivity index (χ2n) is 4.74. The summed E-state index contributed by atoms with van der Waals surface area (Å²) in [7, 11) is 1.18. The van der Waals surface area contributed by atoms with E-state index in [1.54, 1.807) is 11.3 Å². The van der Waals surface area contributed by atoms with Crippen LogP contribution in [0.3, 0.4) is 0 Å². The SMILES string of the molecule is CNC(CS(=O)c1cccs1)C1CCCCC1. The Morgan fingerprint density at radius 3 is 2.82 bits per heavy atom. The molecule has 0 bridgehead atoms. The van der Waals surface area contributed by atoms with Crippen molar-refractivity contribution in [3.63, 3.8) is 0 Å². The number of thiophene rings is 1. The third-order valence-electron chi connectivity index (χ3n) is 3.64. The summed E-state index contributed by atoms with van der Waals surface area (Å²) in [5, 5.41) is 5.38. The molecule has 1 N–H and O–H groups in total. The topological polar surface area (TPSA) is 29.1 Å². The number of rotatable bonds is 5. The summed E-state index contributed by atoms with van der Waals surface area (Å²) in [6, 6.07) is 4.37. The Bertz CT molecular complexity index is 344. The highest BCUT2D eigenvalue weighted by atomic mass is 32.2. The Labute approximate surface area is 110 Å². The van der Waals surface area contributed by atoms with Gasteiger partial charge in [0.15, 0.2) is 0 Å². The molecular formula is C13H21NOS2. The molecule has 4 heteroatoms. The smallest absolute Gasteiger partial charge is 0.0911 e. The molecule has 1 aromatic rings. The maximum atomic E-state index is 12.2. The molecule has 0 amide bonds. The van der Waals surface area contributed by atoms with Crippen molar-refractivity contribution in [1.29, 1.82) is 0 Å². The van der Waals surface area contributed by atoms with Crippen LogP contribution in [0.1, 0.15) is 32.1 Å². The van der Waals surface area contributed by atoms with Crippen molar-refractivity contribution in [1.82, 2.24) is 5.32 Å². The van der Waals surface area contributed by atoms with E-state index in [0.717, 1.165) is 15.9 Å². The summed E-state index contributed by atoms with van der Waals surface area (Å²) < 4.78 is 13.2. The van der Waals surface area contributed by atoms with Crippen LogP contribution in [0, 0.1) is 5.92 Å². The second-order valence-corrected chi connectivity index (χ2v) is 7.41. The molecule has 1 fully saturated rings. The summed E-state index contributed by atoms with van der Waals surface area (Å²) in [4.78, 5) is 0. The minimum absolute atomic E-state index is 0.415. The zero-order valence-corrected chi connectivity index (χ0v) is 12.0. The van der Waals surface area contributed by atoms with E-state index in [4.69, 9.17) is 0 Å². The van der Waals surface area contributed by atoms with Crippen LogP contribution < -0.4 is 5.32 Å². The van der Waals surface area contributed by atoms with Crippen LogP contribution in [0.15, 0.2) is 21.7 Å². The highest BCUT2D eigenvalue weighted by Crippen LogP contribution is 2.27. The molecule has 2 unspecified atom stereocenters. The summed E-state index contributed by atoms with van der Waals surface area (Å²) >= 11 is 1.60. The van der Waals surface area contributed by atoms with Gasteiger partial charge in [-0.2, -0.15) is 0 Å². The predicted molar refractivity (Wildman–Crippen MR) is 75.0 cm³/mol. The first-order valence-electron chi connectivity index (χ1n) is 6.40. The summed E-state index contributed by atoms with van der Waals surface area (Å²) in [6.45, 7) is 0. The van der Waals surface area contributed by atoms with Crippen LogP contribution in [0.2, 0.25) is 0 Å². The normalized spacial score (nSPS) is 21.2. The van der Waals surface area contributed by atoms with E-state index in [-0.39, 0.29) is 0 Å². The van der Waals surface area contributed by atoms with Crippen molar-refractivity contribution >= 4 is 22.1 Å². The quantitative estimate of drug-likeness (QED) is 0.892. The van der Waals surface area contributed by atoms with Gasteiger partial charge in [0.2, 0.25) is 0 Å². The van der Waals surface area contributed by atoms with Crippen molar-refractivity contribution in [2.24, 2.45) is 5.92 Å². The monoisotopic (exact) mass is 271 g/mol. The van der Waals surface area contributed by atoms with Gasteiger partial charge >= 0.3 is 0 Å². The minimum Gasteiger partial charge on any atom is -0.316 e. The van der Waals surface area contributed by atoms with Crippen LogP contribution >= 0.6 is 11.3 Å². The van der Waals surface area contributed by atoms with Crippen LogP contribution in [-0.4, -0.2) is 23.1 Å². The fourth-order valence-electron chi connectivity index (χ4n) is 2.63.